The van der Waals surface area contributed by atoms with Crippen LogP contribution in [0.15, 0.2) is 47.1 Å². The van der Waals surface area contributed by atoms with Crippen molar-refractivity contribution in [2.45, 2.75) is 37.9 Å². The first-order chi connectivity index (χ1) is 15.6. The Balaban J connectivity index is 1.11. The number of amides is 2. The maximum Gasteiger partial charge on any atom is 0.255 e. The van der Waals surface area contributed by atoms with Gasteiger partial charge in [-0.2, -0.15) is 0 Å². The molecular weight excluding hydrogens is 404 g/mol. The third kappa shape index (κ3) is 3.30. The summed E-state index contributed by atoms with van der Waals surface area (Å²) in [5.74, 6) is 1.96. The highest BCUT2D eigenvalue weighted by atomic mass is 16.3. The van der Waals surface area contributed by atoms with Crippen LogP contribution in [0.4, 0.5) is 5.69 Å². The van der Waals surface area contributed by atoms with Gasteiger partial charge in [0.25, 0.3) is 5.91 Å². The normalized spacial score (nSPS) is 31.8. The van der Waals surface area contributed by atoms with Crippen LogP contribution in [0.2, 0.25) is 0 Å². The molecule has 3 heterocycles. The third-order valence-corrected chi connectivity index (χ3v) is 8.10. The van der Waals surface area contributed by atoms with Gasteiger partial charge in [-0.25, -0.2) is 0 Å². The number of carbonyl (C=O) groups excluding carboxylic acids is 2. The van der Waals surface area contributed by atoms with Crippen molar-refractivity contribution in [2.24, 2.45) is 17.8 Å². The molecule has 3 aliphatic carbocycles. The smallest absolute Gasteiger partial charge is 0.255 e. The summed E-state index contributed by atoms with van der Waals surface area (Å²) in [4.78, 5) is 30.7. The lowest BCUT2D eigenvalue weighted by Crippen LogP contribution is -2.68. The number of carbonyl (C=O) groups is 2. The maximum atomic E-state index is 13.5. The molecule has 4 fully saturated rings. The van der Waals surface area contributed by atoms with Gasteiger partial charge in [0.15, 0.2) is 0 Å². The summed E-state index contributed by atoms with van der Waals surface area (Å²) in [6, 6.07) is 11.6. The molecule has 7 heteroatoms. The first-order valence-corrected chi connectivity index (χ1v) is 11.8. The molecule has 2 aromatic rings. The van der Waals surface area contributed by atoms with Crippen molar-refractivity contribution in [1.29, 1.82) is 0 Å². The number of nitrogens with zero attached hydrogens (tertiary/aromatic N) is 2. The Hall–Kier alpha value is -2.80. The summed E-state index contributed by atoms with van der Waals surface area (Å²) in [5.41, 5.74) is 1.21. The number of fused-ring (bicyclic) bond motifs is 3. The lowest BCUT2D eigenvalue weighted by molar-refractivity contribution is -0.145. The fourth-order valence-electron chi connectivity index (χ4n) is 6.43. The Bertz CT molecular complexity index is 1010. The first kappa shape index (κ1) is 19.9. The average Bonchev–Trinajstić information content (AvgIpc) is 3.32. The summed E-state index contributed by atoms with van der Waals surface area (Å²) < 4.78 is 5.47. The summed E-state index contributed by atoms with van der Waals surface area (Å²) in [5, 5.41) is 6.96. The Labute approximate surface area is 188 Å². The van der Waals surface area contributed by atoms with Crippen molar-refractivity contribution >= 4 is 17.5 Å². The third-order valence-electron chi connectivity index (χ3n) is 8.10. The molecule has 2 bridgehead atoms. The second-order valence-electron chi connectivity index (χ2n) is 9.86. The van der Waals surface area contributed by atoms with Crippen LogP contribution in [-0.4, -0.2) is 53.5 Å². The number of benzene rings is 1. The minimum atomic E-state index is -0.410. The zero-order chi connectivity index (χ0) is 21.7. The highest BCUT2D eigenvalue weighted by Crippen LogP contribution is 2.52. The molecule has 168 valence electrons. The number of hydrogen-bond donors (Lipinski definition) is 2. The summed E-state index contributed by atoms with van der Waals surface area (Å²) in [7, 11) is 0. The molecule has 2 N–H and O–H groups in total. The van der Waals surface area contributed by atoms with Crippen molar-refractivity contribution in [1.82, 2.24) is 15.1 Å². The van der Waals surface area contributed by atoms with E-state index in [0.717, 1.165) is 69.9 Å². The number of hydrogen-bond acceptors (Lipinski definition) is 5. The molecule has 5 aliphatic rings. The van der Waals surface area contributed by atoms with Crippen LogP contribution in [-0.2, 0) is 11.3 Å². The highest BCUT2D eigenvalue weighted by Gasteiger charge is 2.55. The molecule has 0 radical (unpaired) electrons. The van der Waals surface area contributed by atoms with E-state index in [0.29, 0.717) is 17.4 Å². The van der Waals surface area contributed by atoms with Gasteiger partial charge in [0, 0.05) is 43.7 Å². The van der Waals surface area contributed by atoms with Crippen molar-refractivity contribution < 1.29 is 14.0 Å². The van der Waals surface area contributed by atoms with Crippen molar-refractivity contribution in [3.05, 3.63) is 54.0 Å². The van der Waals surface area contributed by atoms with Gasteiger partial charge in [0.2, 0.25) is 5.91 Å². The average molecular weight is 435 g/mol. The van der Waals surface area contributed by atoms with E-state index in [-0.39, 0.29) is 17.7 Å². The summed E-state index contributed by atoms with van der Waals surface area (Å²) in [6.07, 6.45) is 5.52. The van der Waals surface area contributed by atoms with Crippen LogP contribution < -0.4 is 10.6 Å². The van der Waals surface area contributed by atoms with Crippen LogP contribution in [0.1, 0.15) is 41.8 Å². The van der Waals surface area contributed by atoms with E-state index >= 15 is 0 Å². The van der Waals surface area contributed by atoms with Crippen LogP contribution in [0.5, 0.6) is 0 Å². The second kappa shape index (κ2) is 7.66. The topological polar surface area (TPSA) is 77.8 Å². The monoisotopic (exact) mass is 434 g/mol. The van der Waals surface area contributed by atoms with E-state index in [2.05, 4.69) is 20.4 Å². The molecule has 2 aliphatic heterocycles. The Kier molecular flexibility index (Phi) is 4.75. The Morgan fingerprint density at radius 2 is 1.91 bits per heavy atom. The van der Waals surface area contributed by atoms with Gasteiger partial charge in [0.05, 0.1) is 18.4 Å². The zero-order valence-corrected chi connectivity index (χ0v) is 18.3. The van der Waals surface area contributed by atoms with Crippen LogP contribution in [0, 0.1) is 17.8 Å². The molecule has 7 rings (SSSR count). The number of furan rings is 1. The van der Waals surface area contributed by atoms with Gasteiger partial charge in [-0.3, -0.25) is 14.5 Å². The molecule has 3 saturated carbocycles. The molecule has 2 amide bonds. The van der Waals surface area contributed by atoms with Gasteiger partial charge in [-0.15, -0.1) is 0 Å². The second-order valence-corrected chi connectivity index (χ2v) is 9.86. The van der Waals surface area contributed by atoms with E-state index in [1.54, 1.807) is 6.26 Å². The summed E-state index contributed by atoms with van der Waals surface area (Å²) >= 11 is 0. The van der Waals surface area contributed by atoms with Crippen molar-refractivity contribution in [3.63, 3.8) is 0 Å². The lowest BCUT2D eigenvalue weighted by atomic mass is 9.58. The van der Waals surface area contributed by atoms with E-state index in [4.69, 9.17) is 4.42 Å². The first-order valence-electron chi connectivity index (χ1n) is 11.8. The predicted octanol–water partition coefficient (Wildman–Crippen LogP) is 2.91. The number of anilines is 1. The van der Waals surface area contributed by atoms with Gasteiger partial charge < -0.3 is 20.0 Å². The maximum absolute atomic E-state index is 13.5. The Morgan fingerprint density at radius 3 is 2.66 bits per heavy atom. The standard InChI is InChI=1S/C25H30N4O3/c30-23-20-5-1-2-6-22(20)26-25(27-23)15-17-7-8-18(25)14-21(17)24(31)29-11-9-28(10-12-29)16-19-4-3-13-32-19/h1-6,13,17-18,21,26H,7-12,14-16H2,(H,27,30)/t17-,18+,21-,25-/m1/s1. The number of para-hydroxylation sites is 1. The SMILES string of the molecule is O=C1N[C@@]2(C[C@H]3CC[C@H]2C[C@H]3C(=O)N2CCN(Cc3ccco3)CC2)Nc2ccccc21. The quantitative estimate of drug-likeness (QED) is 0.777. The highest BCUT2D eigenvalue weighted by molar-refractivity contribution is 6.02. The molecular formula is C25H30N4O3. The number of piperazine rings is 1. The van der Waals surface area contributed by atoms with Crippen LogP contribution in [0.25, 0.3) is 0 Å². The number of nitrogens with one attached hydrogen (secondary N) is 2. The molecule has 7 nitrogen and oxygen atoms in total. The van der Waals surface area contributed by atoms with Gasteiger partial charge in [0.1, 0.15) is 11.4 Å². The molecule has 4 atom stereocenters. The summed E-state index contributed by atoms with van der Waals surface area (Å²) in [6.45, 7) is 4.12. The fourth-order valence-corrected chi connectivity index (χ4v) is 6.43. The molecule has 32 heavy (non-hydrogen) atoms. The molecule has 1 aromatic carbocycles. The van der Waals surface area contributed by atoms with E-state index in [1.807, 2.05) is 36.4 Å². The predicted molar refractivity (Wildman–Crippen MR) is 120 cm³/mol. The molecule has 1 aromatic heterocycles. The minimum Gasteiger partial charge on any atom is -0.468 e. The lowest BCUT2D eigenvalue weighted by Gasteiger charge is -2.57. The molecule has 0 unspecified atom stereocenters. The fraction of sp³-hybridized carbons (Fsp3) is 0.520. The van der Waals surface area contributed by atoms with Crippen LogP contribution >= 0.6 is 0 Å². The number of rotatable bonds is 3. The van der Waals surface area contributed by atoms with E-state index < -0.39 is 5.66 Å². The van der Waals surface area contributed by atoms with E-state index in [9.17, 15) is 9.59 Å². The minimum absolute atomic E-state index is 0.00227. The largest absolute Gasteiger partial charge is 0.468 e. The van der Waals surface area contributed by atoms with Crippen molar-refractivity contribution in [2.75, 3.05) is 31.5 Å². The van der Waals surface area contributed by atoms with Gasteiger partial charge in [-0.1, -0.05) is 12.1 Å². The zero-order valence-electron chi connectivity index (χ0n) is 18.3. The van der Waals surface area contributed by atoms with Gasteiger partial charge >= 0.3 is 0 Å². The van der Waals surface area contributed by atoms with E-state index in [1.165, 1.54) is 0 Å². The van der Waals surface area contributed by atoms with Crippen LogP contribution in [0.3, 0.4) is 0 Å². The van der Waals surface area contributed by atoms with Gasteiger partial charge in [-0.05, 0) is 55.9 Å². The van der Waals surface area contributed by atoms with Crippen molar-refractivity contribution in [3.8, 4) is 0 Å². The molecule has 1 saturated heterocycles. The Morgan fingerprint density at radius 1 is 1.06 bits per heavy atom. The molecule has 1 spiro atoms.